The van der Waals surface area contributed by atoms with Crippen molar-refractivity contribution in [2.45, 2.75) is 58.5 Å². The predicted octanol–water partition coefficient (Wildman–Crippen LogP) is 1.66. The number of nitrogens with two attached hydrogens (primary N) is 1. The van der Waals surface area contributed by atoms with E-state index in [0.717, 1.165) is 18.8 Å². The highest BCUT2D eigenvalue weighted by Gasteiger charge is 2.26. The molecule has 0 aromatic rings. The minimum Gasteiger partial charge on any atom is -0.352 e. The Morgan fingerprint density at radius 1 is 1.47 bits per heavy atom. The lowest BCUT2D eigenvalue weighted by atomic mass is 9.99. The maximum atomic E-state index is 11.7. The first-order chi connectivity index (χ1) is 7.04. The first kappa shape index (κ1) is 12.5. The lowest BCUT2D eigenvalue weighted by Crippen LogP contribution is -2.47. The van der Waals surface area contributed by atoms with Gasteiger partial charge in [-0.2, -0.15) is 0 Å². The van der Waals surface area contributed by atoms with E-state index < -0.39 is 0 Å². The Balaban J connectivity index is 2.26. The molecule has 15 heavy (non-hydrogen) atoms. The Hall–Kier alpha value is -0.570. The fourth-order valence-electron chi connectivity index (χ4n) is 1.76. The van der Waals surface area contributed by atoms with Crippen molar-refractivity contribution >= 4 is 5.91 Å². The highest BCUT2D eigenvalue weighted by atomic mass is 16.2. The third-order valence-corrected chi connectivity index (χ3v) is 3.33. The second-order valence-corrected chi connectivity index (χ2v) is 5.00. The van der Waals surface area contributed by atoms with Crippen LogP contribution in [0.2, 0.25) is 0 Å². The van der Waals surface area contributed by atoms with Crippen molar-refractivity contribution in [1.82, 2.24) is 5.32 Å². The minimum absolute atomic E-state index is 0.0116. The zero-order chi connectivity index (χ0) is 11.4. The fourth-order valence-corrected chi connectivity index (χ4v) is 1.76. The van der Waals surface area contributed by atoms with Crippen LogP contribution in [0.15, 0.2) is 0 Å². The van der Waals surface area contributed by atoms with Crippen LogP contribution >= 0.6 is 0 Å². The molecule has 0 aromatic carbocycles. The summed E-state index contributed by atoms with van der Waals surface area (Å²) < 4.78 is 0. The van der Waals surface area contributed by atoms with Gasteiger partial charge in [-0.1, -0.05) is 33.1 Å². The van der Waals surface area contributed by atoms with E-state index in [1.807, 2.05) is 6.92 Å². The molecule has 0 radical (unpaired) electrons. The fraction of sp³-hybridized carbons (Fsp3) is 0.917. The van der Waals surface area contributed by atoms with Gasteiger partial charge < -0.3 is 11.1 Å². The summed E-state index contributed by atoms with van der Waals surface area (Å²) in [5.41, 5.74) is 5.85. The third kappa shape index (κ3) is 4.20. The highest BCUT2D eigenvalue weighted by molar-refractivity contribution is 5.82. The van der Waals surface area contributed by atoms with E-state index >= 15 is 0 Å². The smallest absolute Gasteiger partial charge is 0.237 e. The number of nitrogens with one attached hydrogen (secondary N) is 1. The van der Waals surface area contributed by atoms with Gasteiger partial charge in [-0.15, -0.1) is 0 Å². The Morgan fingerprint density at radius 3 is 2.53 bits per heavy atom. The van der Waals surface area contributed by atoms with Gasteiger partial charge in [0.1, 0.15) is 0 Å². The minimum atomic E-state index is -0.350. The summed E-state index contributed by atoms with van der Waals surface area (Å²) in [5, 5.41) is 3.00. The lowest BCUT2D eigenvalue weighted by Gasteiger charge is -2.21. The SMILES string of the molecule is CC[C@H](C)[C@H](N)C(=O)NC(C)CC1CC1. The quantitative estimate of drug-likeness (QED) is 0.703. The normalized spacial score (nSPS) is 21.9. The Labute approximate surface area is 92.8 Å². The summed E-state index contributed by atoms with van der Waals surface area (Å²) in [6.07, 6.45) is 4.72. The summed E-state index contributed by atoms with van der Waals surface area (Å²) in [6, 6.07) is -0.0724. The van der Waals surface area contributed by atoms with E-state index in [9.17, 15) is 4.79 Å². The Kier molecular flexibility index (Phi) is 4.58. The molecule has 0 heterocycles. The van der Waals surface area contributed by atoms with Gasteiger partial charge in [-0.3, -0.25) is 4.79 Å². The van der Waals surface area contributed by atoms with E-state index in [1.54, 1.807) is 0 Å². The molecule has 3 N–H and O–H groups in total. The topological polar surface area (TPSA) is 55.1 Å². The summed E-state index contributed by atoms with van der Waals surface area (Å²) in [4.78, 5) is 11.7. The zero-order valence-corrected chi connectivity index (χ0v) is 10.1. The van der Waals surface area contributed by atoms with Crippen LogP contribution in [0.5, 0.6) is 0 Å². The van der Waals surface area contributed by atoms with Gasteiger partial charge in [0.15, 0.2) is 0 Å². The molecule has 0 aliphatic heterocycles. The van der Waals surface area contributed by atoms with E-state index in [-0.39, 0.29) is 23.9 Å². The van der Waals surface area contributed by atoms with Crippen molar-refractivity contribution in [3.05, 3.63) is 0 Å². The van der Waals surface area contributed by atoms with Gasteiger partial charge in [-0.25, -0.2) is 0 Å². The molecule has 1 amide bonds. The molecule has 1 saturated carbocycles. The molecular weight excluding hydrogens is 188 g/mol. The van der Waals surface area contributed by atoms with Crippen molar-refractivity contribution in [2.75, 3.05) is 0 Å². The van der Waals surface area contributed by atoms with Crippen LogP contribution in [0.1, 0.15) is 46.5 Å². The van der Waals surface area contributed by atoms with Crippen LogP contribution < -0.4 is 11.1 Å². The first-order valence-electron chi connectivity index (χ1n) is 6.10. The van der Waals surface area contributed by atoms with Crippen molar-refractivity contribution in [1.29, 1.82) is 0 Å². The van der Waals surface area contributed by atoms with Gasteiger partial charge in [0.2, 0.25) is 5.91 Å². The van der Waals surface area contributed by atoms with Crippen molar-refractivity contribution in [3.63, 3.8) is 0 Å². The molecule has 0 bridgehead atoms. The van der Waals surface area contributed by atoms with E-state index in [2.05, 4.69) is 19.2 Å². The van der Waals surface area contributed by atoms with Crippen molar-refractivity contribution in [2.24, 2.45) is 17.6 Å². The Bertz CT molecular complexity index is 214. The zero-order valence-electron chi connectivity index (χ0n) is 10.1. The number of rotatable bonds is 6. The molecule has 1 aliphatic carbocycles. The average Bonchev–Trinajstić information content (AvgIpc) is 2.98. The summed E-state index contributed by atoms with van der Waals surface area (Å²) in [5.74, 6) is 1.12. The monoisotopic (exact) mass is 212 g/mol. The van der Waals surface area contributed by atoms with Crippen LogP contribution in [-0.4, -0.2) is 18.0 Å². The highest BCUT2D eigenvalue weighted by Crippen LogP contribution is 2.33. The number of amides is 1. The molecule has 3 nitrogen and oxygen atoms in total. The molecule has 0 aromatic heterocycles. The second-order valence-electron chi connectivity index (χ2n) is 5.00. The maximum absolute atomic E-state index is 11.7. The molecule has 88 valence electrons. The van der Waals surface area contributed by atoms with Crippen LogP contribution in [-0.2, 0) is 4.79 Å². The summed E-state index contributed by atoms with van der Waals surface area (Å²) in [6.45, 7) is 6.15. The average molecular weight is 212 g/mol. The maximum Gasteiger partial charge on any atom is 0.237 e. The van der Waals surface area contributed by atoms with Crippen LogP contribution in [0, 0.1) is 11.8 Å². The van der Waals surface area contributed by atoms with Gasteiger partial charge in [0, 0.05) is 6.04 Å². The van der Waals surface area contributed by atoms with Gasteiger partial charge in [0.05, 0.1) is 6.04 Å². The van der Waals surface area contributed by atoms with Crippen molar-refractivity contribution < 1.29 is 4.79 Å². The molecule has 1 fully saturated rings. The number of hydrogen-bond acceptors (Lipinski definition) is 2. The van der Waals surface area contributed by atoms with Crippen LogP contribution in [0.3, 0.4) is 0 Å². The van der Waals surface area contributed by atoms with Crippen molar-refractivity contribution in [3.8, 4) is 0 Å². The second kappa shape index (κ2) is 5.50. The molecule has 3 atom stereocenters. The van der Waals surface area contributed by atoms with Crippen LogP contribution in [0.25, 0.3) is 0 Å². The number of hydrogen-bond donors (Lipinski definition) is 2. The molecule has 1 aliphatic rings. The lowest BCUT2D eigenvalue weighted by molar-refractivity contribution is -0.124. The summed E-state index contributed by atoms with van der Waals surface area (Å²) in [7, 11) is 0. The third-order valence-electron chi connectivity index (χ3n) is 3.33. The Morgan fingerprint density at radius 2 is 2.07 bits per heavy atom. The molecule has 0 saturated heterocycles. The molecule has 1 rings (SSSR count). The van der Waals surface area contributed by atoms with E-state index in [4.69, 9.17) is 5.73 Å². The van der Waals surface area contributed by atoms with E-state index in [0.29, 0.717) is 0 Å². The molecular formula is C12H24N2O. The van der Waals surface area contributed by atoms with Gasteiger partial charge >= 0.3 is 0 Å². The molecule has 0 spiro atoms. The van der Waals surface area contributed by atoms with Gasteiger partial charge in [-0.05, 0) is 25.2 Å². The molecule has 3 heteroatoms. The van der Waals surface area contributed by atoms with E-state index in [1.165, 1.54) is 12.8 Å². The first-order valence-corrected chi connectivity index (χ1v) is 6.10. The predicted molar refractivity (Wildman–Crippen MR) is 62.4 cm³/mol. The standard InChI is InChI=1S/C12H24N2O/c1-4-8(2)11(13)12(15)14-9(3)7-10-5-6-10/h8-11H,4-7,13H2,1-3H3,(H,14,15)/t8-,9?,11-/m0/s1. The molecule has 1 unspecified atom stereocenters. The number of carbonyl (C=O) groups is 1. The summed E-state index contributed by atoms with van der Waals surface area (Å²) >= 11 is 0. The largest absolute Gasteiger partial charge is 0.352 e. The number of carbonyl (C=O) groups excluding carboxylic acids is 1. The van der Waals surface area contributed by atoms with Gasteiger partial charge in [0.25, 0.3) is 0 Å². The van der Waals surface area contributed by atoms with Crippen LogP contribution in [0.4, 0.5) is 0 Å².